The molecule has 0 bridgehead atoms. The minimum atomic E-state index is 1.04. The number of nitrogens with one attached hydrogen (secondary N) is 1. The molecule has 0 unspecified atom stereocenters. The van der Waals surface area contributed by atoms with Gasteiger partial charge in [-0.25, -0.2) is 4.99 Å². The van der Waals surface area contributed by atoms with Gasteiger partial charge in [0.1, 0.15) is 6.54 Å². The minimum Gasteiger partial charge on any atom is -0.248 e. The summed E-state index contributed by atoms with van der Waals surface area (Å²) in [5.41, 5.74) is 1.18. The molecule has 0 atom stereocenters. The fraction of sp³-hybridized carbons (Fsp3) is 0.545. The zero-order valence-corrected chi connectivity index (χ0v) is 8.85. The molecule has 0 fully saturated rings. The van der Waals surface area contributed by atoms with Gasteiger partial charge in [-0.1, -0.05) is 33.4 Å². The minimum absolute atomic E-state index is 1.04. The molecule has 0 aromatic heterocycles. The van der Waals surface area contributed by atoms with Gasteiger partial charge in [-0.2, -0.15) is 0 Å². The molecule has 0 saturated carbocycles. The van der Waals surface area contributed by atoms with E-state index in [1.54, 1.807) is 0 Å². The first-order chi connectivity index (χ1) is 5.81. The van der Waals surface area contributed by atoms with Crippen molar-refractivity contribution >= 4 is 6.21 Å². The molecule has 0 aromatic carbocycles. The Hall–Kier alpha value is -0.850. The summed E-state index contributed by atoms with van der Waals surface area (Å²) in [5.74, 6) is 0. The molecule has 1 heteroatoms. The van der Waals surface area contributed by atoms with E-state index in [1.165, 1.54) is 5.57 Å². The van der Waals surface area contributed by atoms with Crippen LogP contribution in [0.2, 0.25) is 0 Å². The highest BCUT2D eigenvalue weighted by atomic mass is 14.7. The van der Waals surface area contributed by atoms with Crippen molar-refractivity contribution in [3.63, 3.8) is 0 Å². The molecule has 0 aliphatic carbocycles. The second kappa shape index (κ2) is 12.8. The number of hydrogen-bond acceptors (Lipinski definition) is 0. The molecule has 0 aliphatic rings. The van der Waals surface area contributed by atoms with Gasteiger partial charge in [0.05, 0.1) is 0 Å². The van der Waals surface area contributed by atoms with E-state index >= 15 is 0 Å². The molecule has 70 valence electrons. The van der Waals surface area contributed by atoms with Gasteiger partial charge in [0.15, 0.2) is 6.21 Å². The van der Waals surface area contributed by atoms with E-state index in [0.29, 0.717) is 0 Å². The molecule has 1 N–H and O–H groups in total. The van der Waals surface area contributed by atoms with Crippen LogP contribution in [0.5, 0.6) is 0 Å². The third-order valence-electron chi connectivity index (χ3n) is 1.18. The van der Waals surface area contributed by atoms with Crippen LogP contribution in [0.1, 0.15) is 34.1 Å². The standard InChI is InChI=1S/C9H15N.C2H6/c1-4-7-10-8-6-9(3)5-2;1-2/h5-6,8H,2,4,7H2,1,3H3;1-2H3/p+1/b9-6-,10-8?;. The van der Waals surface area contributed by atoms with Crippen molar-refractivity contribution in [2.24, 2.45) is 0 Å². The highest BCUT2D eigenvalue weighted by Crippen LogP contribution is 1.86. The monoisotopic (exact) mass is 168 g/mol. The summed E-state index contributed by atoms with van der Waals surface area (Å²) < 4.78 is 0. The van der Waals surface area contributed by atoms with Crippen LogP contribution in [0.25, 0.3) is 0 Å². The molecule has 0 aromatic rings. The lowest BCUT2D eigenvalue weighted by Crippen LogP contribution is -2.68. The van der Waals surface area contributed by atoms with Gasteiger partial charge in [-0.3, -0.25) is 0 Å². The van der Waals surface area contributed by atoms with Crippen molar-refractivity contribution in [2.45, 2.75) is 34.1 Å². The Morgan fingerprint density at radius 2 is 2.00 bits per heavy atom. The fourth-order valence-electron chi connectivity index (χ4n) is 0.486. The van der Waals surface area contributed by atoms with E-state index in [1.807, 2.05) is 39.1 Å². The summed E-state index contributed by atoms with van der Waals surface area (Å²) in [6.45, 7) is 12.9. The maximum absolute atomic E-state index is 3.64. The van der Waals surface area contributed by atoms with Crippen molar-refractivity contribution in [3.05, 3.63) is 24.3 Å². The van der Waals surface area contributed by atoms with E-state index in [0.717, 1.165) is 13.0 Å². The molecule has 0 saturated heterocycles. The fourth-order valence-corrected chi connectivity index (χ4v) is 0.486. The van der Waals surface area contributed by atoms with Crippen LogP contribution < -0.4 is 4.99 Å². The van der Waals surface area contributed by atoms with E-state index in [-0.39, 0.29) is 0 Å². The lowest BCUT2D eigenvalue weighted by Gasteiger charge is -1.80. The molecule has 12 heavy (non-hydrogen) atoms. The molecule has 0 amide bonds. The third-order valence-corrected chi connectivity index (χ3v) is 1.18. The lowest BCUT2D eigenvalue weighted by atomic mass is 10.3. The van der Waals surface area contributed by atoms with Gasteiger partial charge >= 0.3 is 0 Å². The van der Waals surface area contributed by atoms with Crippen molar-refractivity contribution < 1.29 is 4.99 Å². The SMILES string of the molecule is C=C/C(C)=C\C=[NH+]CCC.CC. The Kier molecular flexibility index (Phi) is 14.6. The second-order valence-electron chi connectivity index (χ2n) is 2.24. The Morgan fingerprint density at radius 3 is 2.42 bits per heavy atom. The summed E-state index contributed by atoms with van der Waals surface area (Å²) >= 11 is 0. The topological polar surface area (TPSA) is 14.0 Å². The normalized spacial score (nSPS) is 10.8. The van der Waals surface area contributed by atoms with Crippen molar-refractivity contribution in [2.75, 3.05) is 6.54 Å². The molecule has 0 spiro atoms. The average Bonchev–Trinajstić information content (AvgIpc) is 2.15. The summed E-state index contributed by atoms with van der Waals surface area (Å²) in [6.07, 6.45) is 6.98. The van der Waals surface area contributed by atoms with Gasteiger partial charge in [-0.15, -0.1) is 0 Å². The van der Waals surface area contributed by atoms with Crippen LogP contribution in [0.4, 0.5) is 0 Å². The predicted molar refractivity (Wildman–Crippen MR) is 57.5 cm³/mol. The van der Waals surface area contributed by atoms with Crippen molar-refractivity contribution in [1.82, 2.24) is 0 Å². The molecule has 1 nitrogen and oxygen atoms in total. The van der Waals surface area contributed by atoms with Crippen LogP contribution in [-0.2, 0) is 0 Å². The highest BCUT2D eigenvalue weighted by molar-refractivity contribution is 5.67. The highest BCUT2D eigenvalue weighted by Gasteiger charge is 1.78. The third kappa shape index (κ3) is 11.9. The summed E-state index contributed by atoms with van der Waals surface area (Å²) in [5, 5.41) is 0. The zero-order valence-electron chi connectivity index (χ0n) is 8.85. The first kappa shape index (κ1) is 13.7. The number of hydrogen-bond donors (Lipinski definition) is 1. The molecule has 0 radical (unpaired) electrons. The van der Waals surface area contributed by atoms with E-state index in [2.05, 4.69) is 18.5 Å². The largest absolute Gasteiger partial charge is 0.248 e. The Labute approximate surface area is 76.9 Å². The van der Waals surface area contributed by atoms with Gasteiger partial charge in [-0.05, 0) is 12.5 Å². The lowest BCUT2D eigenvalue weighted by molar-refractivity contribution is -0.450. The molecule has 0 heterocycles. The van der Waals surface area contributed by atoms with Gasteiger partial charge in [0.2, 0.25) is 0 Å². The van der Waals surface area contributed by atoms with E-state index in [4.69, 9.17) is 0 Å². The van der Waals surface area contributed by atoms with Gasteiger partial charge in [0, 0.05) is 12.5 Å². The summed E-state index contributed by atoms with van der Waals surface area (Å²) in [4.78, 5) is 3.15. The van der Waals surface area contributed by atoms with Crippen LogP contribution in [0, 0.1) is 0 Å². The van der Waals surface area contributed by atoms with Crippen LogP contribution in [-0.4, -0.2) is 12.8 Å². The quantitative estimate of drug-likeness (QED) is 0.485. The second-order valence-corrected chi connectivity index (χ2v) is 2.24. The van der Waals surface area contributed by atoms with Crippen LogP contribution in [0.3, 0.4) is 0 Å². The average molecular weight is 168 g/mol. The maximum Gasteiger partial charge on any atom is 0.161 e. The first-order valence-electron chi connectivity index (χ1n) is 4.67. The molecule has 0 aliphatic heterocycles. The van der Waals surface area contributed by atoms with Crippen LogP contribution >= 0.6 is 0 Å². The Morgan fingerprint density at radius 1 is 1.42 bits per heavy atom. The van der Waals surface area contributed by atoms with Crippen molar-refractivity contribution in [1.29, 1.82) is 0 Å². The number of rotatable bonds is 4. The maximum atomic E-state index is 3.64. The number of allylic oxidation sites excluding steroid dienone is 3. The van der Waals surface area contributed by atoms with Crippen LogP contribution in [0.15, 0.2) is 24.3 Å². The molecular formula is C11H22N+. The summed E-state index contributed by atoms with van der Waals surface area (Å²) in [7, 11) is 0. The molecule has 0 rings (SSSR count). The van der Waals surface area contributed by atoms with E-state index in [9.17, 15) is 0 Å². The predicted octanol–water partition coefficient (Wildman–Crippen LogP) is 1.71. The van der Waals surface area contributed by atoms with Crippen molar-refractivity contribution in [3.8, 4) is 0 Å². The summed E-state index contributed by atoms with van der Waals surface area (Å²) in [6, 6.07) is 0. The molecular weight excluding hydrogens is 146 g/mol. The Balaban J connectivity index is 0. The zero-order chi connectivity index (χ0) is 9.82. The Bertz CT molecular complexity index is 143. The van der Waals surface area contributed by atoms with Gasteiger partial charge < -0.3 is 0 Å². The van der Waals surface area contributed by atoms with Gasteiger partial charge in [0.25, 0.3) is 0 Å². The smallest absolute Gasteiger partial charge is 0.161 e. The first-order valence-corrected chi connectivity index (χ1v) is 4.67. The van der Waals surface area contributed by atoms with E-state index < -0.39 is 0 Å².